The smallest absolute Gasteiger partial charge is 0 e. The molecule has 0 amide bonds. The van der Waals surface area contributed by atoms with Crippen molar-refractivity contribution in [3.8, 4) is 0 Å². The zero-order valence-corrected chi connectivity index (χ0v) is 8.38. The SMILES string of the molecule is C=CCc1ccccc1.[Na]. The monoisotopic (exact) mass is 141 g/mol. The maximum absolute atomic E-state index is 3.66. The average Bonchev–Trinajstić information content (AvgIpc) is 1.91. The molecule has 0 aliphatic carbocycles. The number of rotatable bonds is 2. The molecule has 0 unspecified atom stereocenters. The van der Waals surface area contributed by atoms with Crippen molar-refractivity contribution < 1.29 is 0 Å². The van der Waals surface area contributed by atoms with E-state index in [1.807, 2.05) is 24.3 Å². The molecule has 1 aromatic rings. The standard InChI is InChI=1S/C9H10.Na/c1-2-6-9-7-4-3-5-8-9;/h2-5,7-8H,1,6H2;. The van der Waals surface area contributed by atoms with Gasteiger partial charge in [0.2, 0.25) is 0 Å². The molecule has 0 N–H and O–H groups in total. The van der Waals surface area contributed by atoms with Gasteiger partial charge >= 0.3 is 0 Å². The van der Waals surface area contributed by atoms with Gasteiger partial charge < -0.3 is 0 Å². The zero-order valence-electron chi connectivity index (χ0n) is 6.38. The first-order valence-corrected chi connectivity index (χ1v) is 3.08. The van der Waals surface area contributed by atoms with Crippen LogP contribution in [0, 0.1) is 0 Å². The maximum Gasteiger partial charge on any atom is 0 e. The molecule has 1 aromatic carbocycles. The molecular weight excluding hydrogens is 131 g/mol. The van der Waals surface area contributed by atoms with Crippen LogP contribution in [0.25, 0.3) is 0 Å². The van der Waals surface area contributed by atoms with Gasteiger partial charge in [0.15, 0.2) is 0 Å². The van der Waals surface area contributed by atoms with Gasteiger partial charge in [0.05, 0.1) is 0 Å². The molecule has 0 bridgehead atoms. The molecule has 0 aliphatic rings. The second-order valence-corrected chi connectivity index (χ2v) is 1.98. The summed E-state index contributed by atoms with van der Waals surface area (Å²) in [6.45, 7) is 3.66. The van der Waals surface area contributed by atoms with Crippen LogP contribution in [0.1, 0.15) is 5.56 Å². The van der Waals surface area contributed by atoms with E-state index < -0.39 is 0 Å². The first-order chi connectivity index (χ1) is 4.43. The van der Waals surface area contributed by atoms with Crippen LogP contribution in [0.2, 0.25) is 0 Å². The zero-order chi connectivity index (χ0) is 6.53. The first kappa shape index (κ1) is 9.96. The molecule has 0 nitrogen and oxygen atoms in total. The summed E-state index contributed by atoms with van der Waals surface area (Å²) in [7, 11) is 0. The van der Waals surface area contributed by atoms with Gasteiger partial charge in [0, 0.05) is 29.6 Å². The van der Waals surface area contributed by atoms with Crippen LogP contribution < -0.4 is 0 Å². The van der Waals surface area contributed by atoms with E-state index in [0.717, 1.165) is 6.42 Å². The Labute approximate surface area is 84.3 Å². The Hall–Kier alpha value is -0.0400. The third-order valence-electron chi connectivity index (χ3n) is 1.22. The summed E-state index contributed by atoms with van der Waals surface area (Å²) in [5.41, 5.74) is 1.33. The van der Waals surface area contributed by atoms with Crippen molar-refractivity contribution in [2.24, 2.45) is 0 Å². The minimum Gasteiger partial charge on any atom is -0.103 e. The molecule has 1 radical (unpaired) electrons. The summed E-state index contributed by atoms with van der Waals surface area (Å²) in [6, 6.07) is 10.3. The van der Waals surface area contributed by atoms with Crippen LogP contribution >= 0.6 is 0 Å². The average molecular weight is 141 g/mol. The van der Waals surface area contributed by atoms with Crippen LogP contribution in [0.5, 0.6) is 0 Å². The van der Waals surface area contributed by atoms with Crippen LogP contribution in [0.15, 0.2) is 43.0 Å². The summed E-state index contributed by atoms with van der Waals surface area (Å²) < 4.78 is 0. The third-order valence-corrected chi connectivity index (χ3v) is 1.22. The molecule has 10 heavy (non-hydrogen) atoms. The van der Waals surface area contributed by atoms with Crippen molar-refractivity contribution in [2.45, 2.75) is 6.42 Å². The Balaban J connectivity index is 0.000000810. The largest absolute Gasteiger partial charge is 0.103 e. The van der Waals surface area contributed by atoms with E-state index in [9.17, 15) is 0 Å². The molecule has 1 heteroatoms. The Morgan fingerprint density at radius 2 is 1.80 bits per heavy atom. The topological polar surface area (TPSA) is 0 Å². The Morgan fingerprint density at radius 1 is 1.20 bits per heavy atom. The summed E-state index contributed by atoms with van der Waals surface area (Å²) in [5.74, 6) is 0. The molecule has 0 atom stereocenters. The number of hydrogen-bond acceptors (Lipinski definition) is 0. The minimum atomic E-state index is 0. The Kier molecular flexibility index (Phi) is 5.70. The number of allylic oxidation sites excluding steroid dienone is 1. The normalized spacial score (nSPS) is 8.00. The first-order valence-electron chi connectivity index (χ1n) is 3.08. The van der Waals surface area contributed by atoms with Crippen LogP contribution in [-0.2, 0) is 6.42 Å². The van der Waals surface area contributed by atoms with Gasteiger partial charge in [-0.25, -0.2) is 0 Å². The summed E-state index contributed by atoms with van der Waals surface area (Å²) in [5, 5.41) is 0. The molecule has 0 aliphatic heterocycles. The van der Waals surface area contributed by atoms with E-state index >= 15 is 0 Å². The van der Waals surface area contributed by atoms with Crippen molar-refractivity contribution in [1.82, 2.24) is 0 Å². The van der Waals surface area contributed by atoms with Crippen LogP contribution in [0.3, 0.4) is 0 Å². The van der Waals surface area contributed by atoms with Crippen LogP contribution in [-0.4, -0.2) is 29.6 Å². The molecule has 1 rings (SSSR count). The molecule has 0 saturated heterocycles. The van der Waals surface area contributed by atoms with Gasteiger partial charge in [-0.2, -0.15) is 0 Å². The predicted octanol–water partition coefficient (Wildman–Crippen LogP) is 2.03. The fourth-order valence-corrected chi connectivity index (χ4v) is 0.781. The van der Waals surface area contributed by atoms with Gasteiger partial charge in [-0.05, 0) is 12.0 Å². The molecule has 0 saturated carbocycles. The molecule has 0 fully saturated rings. The van der Waals surface area contributed by atoms with E-state index in [1.165, 1.54) is 5.56 Å². The van der Waals surface area contributed by atoms with Crippen molar-refractivity contribution in [1.29, 1.82) is 0 Å². The van der Waals surface area contributed by atoms with E-state index in [0.29, 0.717) is 0 Å². The van der Waals surface area contributed by atoms with Crippen molar-refractivity contribution >= 4 is 29.6 Å². The predicted molar refractivity (Wildman–Crippen MR) is 46.1 cm³/mol. The fraction of sp³-hybridized carbons (Fsp3) is 0.111. The van der Waals surface area contributed by atoms with E-state index in [2.05, 4.69) is 18.7 Å². The number of benzene rings is 1. The molecular formula is C9H10Na. The quantitative estimate of drug-likeness (QED) is 0.436. The van der Waals surface area contributed by atoms with Gasteiger partial charge in [0.1, 0.15) is 0 Å². The minimum absolute atomic E-state index is 0. The van der Waals surface area contributed by atoms with Crippen molar-refractivity contribution in [3.63, 3.8) is 0 Å². The number of hydrogen-bond donors (Lipinski definition) is 0. The van der Waals surface area contributed by atoms with Crippen LogP contribution in [0.4, 0.5) is 0 Å². The maximum atomic E-state index is 3.66. The Morgan fingerprint density at radius 3 is 2.30 bits per heavy atom. The molecule has 0 aromatic heterocycles. The van der Waals surface area contributed by atoms with Crippen molar-refractivity contribution in [2.75, 3.05) is 0 Å². The summed E-state index contributed by atoms with van der Waals surface area (Å²) in [4.78, 5) is 0. The second kappa shape index (κ2) is 5.72. The van der Waals surface area contributed by atoms with Gasteiger partial charge in [0.25, 0.3) is 0 Å². The molecule has 0 spiro atoms. The van der Waals surface area contributed by atoms with E-state index in [1.54, 1.807) is 0 Å². The van der Waals surface area contributed by atoms with Gasteiger partial charge in [-0.1, -0.05) is 36.4 Å². The third kappa shape index (κ3) is 3.21. The van der Waals surface area contributed by atoms with E-state index in [-0.39, 0.29) is 29.6 Å². The summed E-state index contributed by atoms with van der Waals surface area (Å²) >= 11 is 0. The molecule has 0 heterocycles. The molecule has 47 valence electrons. The van der Waals surface area contributed by atoms with Gasteiger partial charge in [-0.3, -0.25) is 0 Å². The fourth-order valence-electron chi connectivity index (χ4n) is 0.781. The van der Waals surface area contributed by atoms with Gasteiger partial charge in [-0.15, -0.1) is 6.58 Å². The van der Waals surface area contributed by atoms with E-state index in [4.69, 9.17) is 0 Å². The Bertz CT molecular complexity index is 179. The van der Waals surface area contributed by atoms with Crippen molar-refractivity contribution in [3.05, 3.63) is 48.6 Å². The second-order valence-electron chi connectivity index (χ2n) is 1.98. The summed E-state index contributed by atoms with van der Waals surface area (Å²) in [6.07, 6.45) is 2.89.